The van der Waals surface area contributed by atoms with E-state index < -0.39 is 29.9 Å². The minimum Gasteiger partial charge on any atom is -0.496 e. The van der Waals surface area contributed by atoms with Crippen molar-refractivity contribution in [3.8, 4) is 45.6 Å². The Kier molecular flexibility index (Phi) is 6.81. The second-order valence-electron chi connectivity index (χ2n) is 10.0. The normalized spacial score (nSPS) is 14.0. The molecule has 4 heterocycles. The molecule has 0 N–H and O–H groups in total. The summed E-state index contributed by atoms with van der Waals surface area (Å²) >= 11 is 0. The number of methoxy groups -OCH3 is 1. The fraction of sp³-hybridized carbons (Fsp3) is 0.321. The number of benzene rings is 1. The number of pyridine rings is 1. The van der Waals surface area contributed by atoms with Crippen LogP contribution in [0.2, 0.25) is 0 Å². The van der Waals surface area contributed by atoms with Crippen LogP contribution in [0, 0.1) is 17.1 Å². The van der Waals surface area contributed by atoms with E-state index in [0.29, 0.717) is 46.9 Å². The summed E-state index contributed by atoms with van der Waals surface area (Å²) in [6.45, 7) is 1.39. The lowest BCUT2D eigenvalue weighted by Gasteiger charge is -2.34. The number of ether oxygens (including phenoxy) is 1. The fourth-order valence-corrected chi connectivity index (χ4v) is 5.12. The number of nitrogens with zero attached hydrogens (tertiary/aromatic N) is 7. The highest BCUT2D eigenvalue weighted by molar-refractivity contribution is 5.99. The maximum Gasteiger partial charge on any atom is 0.392 e. The van der Waals surface area contributed by atoms with Gasteiger partial charge in [-0.15, -0.1) is 0 Å². The largest absolute Gasteiger partial charge is 0.496 e. The second kappa shape index (κ2) is 10.0. The van der Waals surface area contributed by atoms with E-state index in [1.807, 2.05) is 12.1 Å². The third-order valence-electron chi connectivity index (χ3n) is 7.31. The third-order valence-corrected chi connectivity index (χ3v) is 7.31. The molecule has 0 bridgehead atoms. The summed E-state index contributed by atoms with van der Waals surface area (Å²) in [6, 6.07) is 9.62. The highest BCUT2D eigenvalue weighted by atomic mass is 19.4. The molecule has 1 amide bonds. The van der Waals surface area contributed by atoms with Crippen molar-refractivity contribution in [1.29, 1.82) is 5.26 Å². The first-order chi connectivity index (χ1) is 19.3. The van der Waals surface area contributed by atoms with Gasteiger partial charge >= 0.3 is 6.18 Å². The number of amides is 1. The van der Waals surface area contributed by atoms with Crippen molar-refractivity contribution >= 4 is 5.91 Å². The fourth-order valence-electron chi connectivity index (χ4n) is 5.12. The van der Waals surface area contributed by atoms with E-state index in [0.717, 1.165) is 29.1 Å². The summed E-state index contributed by atoms with van der Waals surface area (Å²) in [4.78, 5) is 20.2. The van der Waals surface area contributed by atoms with E-state index in [1.165, 1.54) is 30.0 Å². The average Bonchev–Trinajstić information content (AvgIpc) is 3.55. The van der Waals surface area contributed by atoms with Gasteiger partial charge in [-0.05, 0) is 49.2 Å². The van der Waals surface area contributed by atoms with Gasteiger partial charge in [-0.25, -0.2) is 4.39 Å². The molecular weight excluding hydrogens is 542 g/mol. The van der Waals surface area contributed by atoms with Gasteiger partial charge in [0.25, 0.3) is 5.91 Å². The highest BCUT2D eigenvalue weighted by Gasteiger charge is 2.45. The van der Waals surface area contributed by atoms with Gasteiger partial charge in [-0.3, -0.25) is 9.78 Å². The van der Waals surface area contributed by atoms with Crippen LogP contribution < -0.4 is 4.74 Å². The topological polar surface area (TPSA) is 102 Å². The van der Waals surface area contributed by atoms with Crippen LogP contribution in [0.3, 0.4) is 0 Å². The summed E-state index contributed by atoms with van der Waals surface area (Å²) < 4.78 is 61.2. The van der Waals surface area contributed by atoms with Gasteiger partial charge in [0, 0.05) is 37.3 Å². The predicted molar refractivity (Wildman–Crippen MR) is 140 cm³/mol. The van der Waals surface area contributed by atoms with Crippen LogP contribution in [0.25, 0.3) is 33.8 Å². The molecule has 1 atom stereocenters. The van der Waals surface area contributed by atoms with Crippen LogP contribution in [0.5, 0.6) is 5.75 Å². The molecule has 0 spiro atoms. The molecule has 13 heteroatoms. The first kappa shape index (κ1) is 27.8. The Hall–Kier alpha value is -4.73. The Morgan fingerprint density at radius 3 is 2.49 bits per heavy atom. The number of nitriles is 1. The maximum atomic E-state index is 13.8. The number of aryl methyl sites for hydroxylation is 2. The van der Waals surface area contributed by atoms with Crippen LogP contribution in [0.1, 0.15) is 29.4 Å². The number of halogens is 4. The van der Waals surface area contributed by atoms with Crippen molar-refractivity contribution in [2.75, 3.05) is 14.2 Å². The Morgan fingerprint density at radius 2 is 1.90 bits per heavy atom. The number of alkyl halides is 3. The quantitative estimate of drug-likeness (QED) is 0.303. The molecule has 1 aromatic carbocycles. The monoisotopic (exact) mass is 567 g/mol. The van der Waals surface area contributed by atoms with E-state index in [9.17, 15) is 27.6 Å². The Bertz CT molecular complexity index is 1690. The van der Waals surface area contributed by atoms with Crippen molar-refractivity contribution in [2.45, 2.75) is 38.0 Å². The van der Waals surface area contributed by atoms with Crippen molar-refractivity contribution in [3.63, 3.8) is 0 Å². The maximum absolute atomic E-state index is 13.8. The Balaban J connectivity index is 1.72. The highest BCUT2D eigenvalue weighted by Crippen LogP contribution is 2.44. The minimum absolute atomic E-state index is 0.0785. The molecule has 0 fully saturated rings. The molecule has 0 aliphatic carbocycles. The summed E-state index contributed by atoms with van der Waals surface area (Å²) in [5.41, 5.74) is 2.15. The van der Waals surface area contributed by atoms with E-state index in [2.05, 4.69) is 15.2 Å². The van der Waals surface area contributed by atoms with Crippen LogP contribution in [-0.2, 0) is 20.0 Å². The lowest BCUT2D eigenvalue weighted by molar-refractivity contribution is -0.150. The van der Waals surface area contributed by atoms with Crippen LogP contribution in [-0.4, -0.2) is 61.2 Å². The van der Waals surface area contributed by atoms with Gasteiger partial charge in [-0.2, -0.15) is 33.4 Å². The molecule has 41 heavy (non-hydrogen) atoms. The van der Waals surface area contributed by atoms with Gasteiger partial charge in [0.2, 0.25) is 0 Å². The van der Waals surface area contributed by atoms with Crippen LogP contribution >= 0.6 is 0 Å². The summed E-state index contributed by atoms with van der Waals surface area (Å²) in [5, 5.41) is 18.2. The standard InChI is InChI=1S/C28H25F4N7O2/c1-27(15-33,14-28(30,31)32)37(2)26(40)23-11-20(21-6-5-17(29)12-34-21)25-18-10-19(22-13-35-38(3)36-22)24(41-4)9-16(18)7-8-39(23)25/h5-6,9-13H,7-8,14H2,1-4H3/t27-/m0/s1. The number of hydrogen-bond donors (Lipinski definition) is 0. The SMILES string of the molecule is COc1cc2c(cc1-c1cnn(C)n1)-c1c(-c3ccc(F)cn3)cc(C(=O)N(C)[C@](C)(C#N)CC(F)(F)F)n1CC2. The second-order valence-corrected chi connectivity index (χ2v) is 10.0. The lowest BCUT2D eigenvalue weighted by atomic mass is 9.92. The van der Waals surface area contributed by atoms with Crippen LogP contribution in [0.15, 0.2) is 42.7 Å². The average molecular weight is 568 g/mol. The molecule has 0 unspecified atom stereocenters. The van der Waals surface area contributed by atoms with E-state index in [1.54, 1.807) is 31.0 Å². The molecular formula is C28H25F4N7O2. The van der Waals surface area contributed by atoms with Gasteiger partial charge in [0.15, 0.2) is 0 Å². The van der Waals surface area contributed by atoms with Crippen molar-refractivity contribution < 1.29 is 27.1 Å². The first-order valence-corrected chi connectivity index (χ1v) is 12.5. The zero-order valence-corrected chi connectivity index (χ0v) is 22.6. The minimum atomic E-state index is -4.67. The molecule has 5 rings (SSSR count). The van der Waals surface area contributed by atoms with E-state index in [-0.39, 0.29) is 5.69 Å². The lowest BCUT2D eigenvalue weighted by Crippen LogP contribution is -2.49. The number of carbonyl (C=O) groups excluding carboxylic acids is 1. The zero-order chi connectivity index (χ0) is 29.7. The molecule has 4 aromatic rings. The van der Waals surface area contributed by atoms with Crippen molar-refractivity contribution in [1.82, 2.24) is 29.4 Å². The molecule has 1 aliphatic heterocycles. The van der Waals surface area contributed by atoms with Crippen LogP contribution in [0.4, 0.5) is 17.6 Å². The Labute approximate surface area is 232 Å². The van der Waals surface area contributed by atoms with E-state index in [4.69, 9.17) is 4.74 Å². The molecule has 0 saturated heterocycles. The number of hydrogen-bond acceptors (Lipinski definition) is 6. The molecule has 0 saturated carbocycles. The Morgan fingerprint density at radius 1 is 1.15 bits per heavy atom. The predicted octanol–water partition coefficient (Wildman–Crippen LogP) is 5.02. The number of carbonyl (C=O) groups is 1. The number of fused-ring (bicyclic) bond motifs is 3. The summed E-state index contributed by atoms with van der Waals surface area (Å²) in [7, 11) is 4.40. The van der Waals surface area contributed by atoms with E-state index >= 15 is 0 Å². The van der Waals surface area contributed by atoms with Gasteiger partial charge in [-0.1, -0.05) is 0 Å². The zero-order valence-electron chi connectivity index (χ0n) is 22.6. The molecule has 0 radical (unpaired) electrons. The third kappa shape index (κ3) is 5.01. The molecule has 1 aliphatic rings. The smallest absolute Gasteiger partial charge is 0.392 e. The molecule has 9 nitrogen and oxygen atoms in total. The molecule has 3 aromatic heterocycles. The van der Waals surface area contributed by atoms with Gasteiger partial charge in [0.1, 0.15) is 28.5 Å². The number of aromatic nitrogens is 5. The number of rotatable bonds is 6. The first-order valence-electron chi connectivity index (χ1n) is 12.5. The van der Waals surface area contributed by atoms with Crippen molar-refractivity contribution in [3.05, 3.63) is 59.8 Å². The summed E-state index contributed by atoms with van der Waals surface area (Å²) in [6.07, 6.45) is -3.06. The van der Waals surface area contributed by atoms with Gasteiger partial charge in [0.05, 0.1) is 43.4 Å². The molecule has 212 valence electrons. The summed E-state index contributed by atoms with van der Waals surface area (Å²) in [5.74, 6) is -0.748. The van der Waals surface area contributed by atoms with Crippen molar-refractivity contribution in [2.24, 2.45) is 7.05 Å². The van der Waals surface area contributed by atoms with Gasteiger partial charge < -0.3 is 14.2 Å².